The summed E-state index contributed by atoms with van der Waals surface area (Å²) in [4.78, 5) is 14.6. The zero-order chi connectivity index (χ0) is 19.8. The van der Waals surface area contributed by atoms with Gasteiger partial charge in [-0.2, -0.15) is 5.10 Å². The lowest BCUT2D eigenvalue weighted by Gasteiger charge is -2.35. The largest absolute Gasteiger partial charge is 0.497 e. The van der Waals surface area contributed by atoms with Crippen LogP contribution < -0.4 is 4.74 Å². The highest BCUT2D eigenvalue weighted by molar-refractivity contribution is 5.97. The molecule has 5 rings (SSSR count). The smallest absolute Gasteiger partial charge is 0.274 e. The molecule has 3 aromatic rings. The third-order valence-corrected chi connectivity index (χ3v) is 6.11. The summed E-state index contributed by atoms with van der Waals surface area (Å²) >= 11 is 0. The van der Waals surface area contributed by atoms with E-state index < -0.39 is 0 Å². The molecule has 1 aromatic heterocycles. The number of benzene rings is 2. The topological polar surface area (TPSA) is 58.2 Å². The predicted octanol–water partition coefficient (Wildman–Crippen LogP) is 3.82. The molecular weight excluding hydrogens is 362 g/mol. The first-order chi connectivity index (χ1) is 14.2. The molecule has 1 amide bonds. The van der Waals surface area contributed by atoms with Crippen LogP contribution in [0.5, 0.6) is 5.75 Å². The van der Waals surface area contributed by atoms with Crippen LogP contribution in [0, 0.1) is 0 Å². The van der Waals surface area contributed by atoms with E-state index in [1.807, 2.05) is 23.1 Å². The van der Waals surface area contributed by atoms with Gasteiger partial charge in [0, 0.05) is 36.2 Å². The Morgan fingerprint density at radius 2 is 1.79 bits per heavy atom. The molecule has 2 aliphatic rings. The molecule has 2 heterocycles. The van der Waals surface area contributed by atoms with E-state index in [4.69, 9.17) is 4.74 Å². The summed E-state index contributed by atoms with van der Waals surface area (Å²) < 4.78 is 5.34. The Bertz CT molecular complexity index is 1070. The maximum absolute atomic E-state index is 12.7. The Kier molecular flexibility index (Phi) is 4.23. The van der Waals surface area contributed by atoms with Gasteiger partial charge in [0.2, 0.25) is 0 Å². The maximum atomic E-state index is 12.7. The van der Waals surface area contributed by atoms with Crippen molar-refractivity contribution in [2.75, 3.05) is 20.2 Å². The average molecular weight is 385 g/mol. The molecule has 1 aliphatic heterocycles. The molecule has 1 saturated heterocycles. The molecule has 0 bridgehead atoms. The van der Waals surface area contributed by atoms with Crippen molar-refractivity contribution in [2.45, 2.75) is 18.3 Å². The van der Waals surface area contributed by atoms with Crippen molar-refractivity contribution in [2.24, 2.45) is 0 Å². The van der Waals surface area contributed by atoms with Crippen LogP contribution in [0.1, 0.15) is 39.3 Å². The lowest BCUT2D eigenvalue weighted by atomic mass is 9.68. The van der Waals surface area contributed by atoms with Gasteiger partial charge in [-0.1, -0.05) is 54.6 Å². The number of nitrogens with one attached hydrogen (secondary N) is 1. The second kappa shape index (κ2) is 6.92. The standard InChI is InChI=1S/C24H23N3O2/c1-29-19-10-8-18(9-11-19)24(17-6-3-2-4-7-17)13-12-20-21(16-24)25-26-22(20)23(28)27-14-5-15-27/h2-4,6-13H,5,14-16H2,1H3,(H,25,26). The van der Waals surface area contributed by atoms with Crippen LogP contribution in [0.25, 0.3) is 6.08 Å². The number of allylic oxidation sites excluding steroid dienone is 1. The van der Waals surface area contributed by atoms with Crippen LogP contribution in [0.15, 0.2) is 60.7 Å². The molecule has 2 aromatic carbocycles. The van der Waals surface area contributed by atoms with E-state index >= 15 is 0 Å². The molecule has 29 heavy (non-hydrogen) atoms. The maximum Gasteiger partial charge on any atom is 0.274 e. The van der Waals surface area contributed by atoms with Crippen molar-refractivity contribution >= 4 is 12.0 Å². The van der Waals surface area contributed by atoms with Gasteiger partial charge in [0.05, 0.1) is 7.11 Å². The average Bonchev–Trinajstić information content (AvgIpc) is 3.16. The fraction of sp³-hybridized carbons (Fsp3) is 0.250. The summed E-state index contributed by atoms with van der Waals surface area (Å²) in [7, 11) is 1.68. The molecular formula is C24H23N3O2. The highest BCUT2D eigenvalue weighted by Crippen LogP contribution is 2.42. The molecule has 1 aliphatic carbocycles. The zero-order valence-corrected chi connectivity index (χ0v) is 16.4. The third-order valence-electron chi connectivity index (χ3n) is 6.11. The fourth-order valence-corrected chi connectivity index (χ4v) is 4.28. The van der Waals surface area contributed by atoms with Gasteiger partial charge in [0.1, 0.15) is 5.75 Å². The molecule has 1 unspecified atom stereocenters. The Labute approximate surface area is 170 Å². The molecule has 146 valence electrons. The van der Waals surface area contributed by atoms with Gasteiger partial charge in [-0.15, -0.1) is 0 Å². The molecule has 0 saturated carbocycles. The summed E-state index contributed by atoms with van der Waals surface area (Å²) in [6.07, 6.45) is 6.07. The molecule has 0 spiro atoms. The van der Waals surface area contributed by atoms with Crippen LogP contribution >= 0.6 is 0 Å². The highest BCUT2D eigenvalue weighted by Gasteiger charge is 2.38. The minimum absolute atomic E-state index is 0.0232. The number of likely N-dealkylation sites (tertiary alicyclic amines) is 1. The van der Waals surface area contributed by atoms with Crippen molar-refractivity contribution in [3.63, 3.8) is 0 Å². The number of ether oxygens (including phenoxy) is 1. The number of carbonyl (C=O) groups is 1. The predicted molar refractivity (Wildman–Crippen MR) is 112 cm³/mol. The number of aromatic amines is 1. The molecule has 0 radical (unpaired) electrons. The number of rotatable bonds is 4. The SMILES string of the molecule is COc1ccc(C2(c3ccccc3)C=Cc3c(C(=O)N4CCC4)n[nH]c3C2)cc1. The number of aromatic nitrogens is 2. The summed E-state index contributed by atoms with van der Waals surface area (Å²) in [6.45, 7) is 1.65. The summed E-state index contributed by atoms with van der Waals surface area (Å²) in [5.41, 5.74) is 4.50. The van der Waals surface area contributed by atoms with E-state index in [2.05, 4.69) is 58.7 Å². The highest BCUT2D eigenvalue weighted by atomic mass is 16.5. The van der Waals surface area contributed by atoms with E-state index in [1.54, 1.807) is 7.11 Å². The van der Waals surface area contributed by atoms with E-state index in [9.17, 15) is 4.79 Å². The number of nitrogens with zero attached hydrogens (tertiary/aromatic N) is 2. The van der Waals surface area contributed by atoms with E-state index in [0.29, 0.717) is 5.69 Å². The molecule has 1 N–H and O–H groups in total. The lowest BCUT2D eigenvalue weighted by molar-refractivity contribution is 0.0645. The number of methoxy groups -OCH3 is 1. The first-order valence-corrected chi connectivity index (χ1v) is 9.97. The molecule has 5 nitrogen and oxygen atoms in total. The van der Waals surface area contributed by atoms with Crippen LogP contribution in [0.2, 0.25) is 0 Å². The Morgan fingerprint density at radius 3 is 2.45 bits per heavy atom. The van der Waals surface area contributed by atoms with Crippen LogP contribution in [0.4, 0.5) is 0 Å². The van der Waals surface area contributed by atoms with Crippen molar-refractivity contribution < 1.29 is 9.53 Å². The molecule has 1 atom stereocenters. The van der Waals surface area contributed by atoms with Gasteiger partial charge in [-0.05, 0) is 29.7 Å². The lowest BCUT2D eigenvalue weighted by Crippen LogP contribution is -2.42. The third kappa shape index (κ3) is 2.85. The number of amides is 1. The van der Waals surface area contributed by atoms with E-state index in [-0.39, 0.29) is 11.3 Å². The van der Waals surface area contributed by atoms with Gasteiger partial charge in [-0.3, -0.25) is 9.89 Å². The number of fused-ring (bicyclic) bond motifs is 1. The van der Waals surface area contributed by atoms with Crippen LogP contribution in [-0.4, -0.2) is 41.2 Å². The molecule has 5 heteroatoms. The van der Waals surface area contributed by atoms with E-state index in [0.717, 1.165) is 42.9 Å². The van der Waals surface area contributed by atoms with Crippen LogP contribution in [0.3, 0.4) is 0 Å². The number of hydrogen-bond acceptors (Lipinski definition) is 3. The second-order valence-electron chi connectivity index (χ2n) is 7.69. The Balaban J connectivity index is 1.59. The van der Waals surface area contributed by atoms with Crippen LogP contribution in [-0.2, 0) is 11.8 Å². The van der Waals surface area contributed by atoms with E-state index in [1.165, 1.54) is 11.1 Å². The van der Waals surface area contributed by atoms with Crippen molar-refractivity contribution in [3.8, 4) is 5.75 Å². The first kappa shape index (κ1) is 17.7. The monoisotopic (exact) mass is 385 g/mol. The van der Waals surface area contributed by atoms with Crippen molar-refractivity contribution in [1.82, 2.24) is 15.1 Å². The number of H-pyrrole nitrogens is 1. The Morgan fingerprint density at radius 1 is 1.07 bits per heavy atom. The summed E-state index contributed by atoms with van der Waals surface area (Å²) in [5.74, 6) is 0.858. The minimum Gasteiger partial charge on any atom is -0.497 e. The number of carbonyl (C=O) groups excluding carboxylic acids is 1. The normalized spacial score (nSPS) is 20.1. The van der Waals surface area contributed by atoms with Crippen molar-refractivity contribution in [1.29, 1.82) is 0 Å². The van der Waals surface area contributed by atoms with Gasteiger partial charge >= 0.3 is 0 Å². The van der Waals surface area contributed by atoms with Gasteiger partial charge in [-0.25, -0.2) is 0 Å². The fourth-order valence-electron chi connectivity index (χ4n) is 4.28. The van der Waals surface area contributed by atoms with Gasteiger partial charge < -0.3 is 9.64 Å². The van der Waals surface area contributed by atoms with Gasteiger partial charge in [0.25, 0.3) is 5.91 Å². The quantitative estimate of drug-likeness (QED) is 0.743. The zero-order valence-electron chi connectivity index (χ0n) is 16.4. The summed E-state index contributed by atoms with van der Waals surface area (Å²) in [6, 6.07) is 18.7. The number of hydrogen-bond donors (Lipinski definition) is 1. The Hall–Kier alpha value is -3.34. The van der Waals surface area contributed by atoms with Crippen molar-refractivity contribution in [3.05, 3.63) is 88.8 Å². The minimum atomic E-state index is -0.329. The molecule has 1 fully saturated rings. The second-order valence-corrected chi connectivity index (χ2v) is 7.69. The first-order valence-electron chi connectivity index (χ1n) is 9.97. The summed E-state index contributed by atoms with van der Waals surface area (Å²) in [5, 5.41) is 7.55. The van der Waals surface area contributed by atoms with Gasteiger partial charge in [0.15, 0.2) is 5.69 Å².